The number of carbonyl (C=O) groups excluding carboxylic acids is 1. The average Bonchev–Trinajstić information content (AvgIpc) is 2.58. The van der Waals surface area contributed by atoms with Gasteiger partial charge in [0, 0.05) is 12.7 Å². The normalized spacial score (nSPS) is 10.1. The van der Waals surface area contributed by atoms with Crippen molar-refractivity contribution in [2.45, 2.75) is 6.92 Å². The maximum atomic E-state index is 11.7. The number of aromatic nitrogens is 1. The van der Waals surface area contributed by atoms with E-state index in [1.54, 1.807) is 26.1 Å². The van der Waals surface area contributed by atoms with Gasteiger partial charge in [0.15, 0.2) is 0 Å². The molecule has 2 aromatic rings. The van der Waals surface area contributed by atoms with Crippen LogP contribution in [0.4, 0.5) is 16.4 Å². The van der Waals surface area contributed by atoms with Crippen molar-refractivity contribution in [1.29, 1.82) is 0 Å². The zero-order valence-corrected chi connectivity index (χ0v) is 10.1. The monoisotopic (exact) mass is 247 g/mol. The molecule has 2 amide bonds. The second-order valence-corrected chi connectivity index (χ2v) is 3.79. The average molecular weight is 247 g/mol. The van der Waals surface area contributed by atoms with Crippen molar-refractivity contribution < 1.29 is 9.21 Å². The van der Waals surface area contributed by atoms with Crippen LogP contribution in [0, 0.1) is 6.92 Å². The summed E-state index contributed by atoms with van der Waals surface area (Å²) < 4.78 is 6.21. The summed E-state index contributed by atoms with van der Waals surface area (Å²) in [5.41, 5.74) is 1.22. The second kappa shape index (κ2) is 4.79. The molecule has 94 valence electrons. The third-order valence-corrected chi connectivity index (χ3v) is 2.55. The molecule has 18 heavy (non-hydrogen) atoms. The van der Waals surface area contributed by atoms with E-state index in [4.69, 9.17) is 4.42 Å². The number of hydrogen-bond donors (Lipinski definition) is 2. The maximum absolute atomic E-state index is 11.7. The first kappa shape index (κ1) is 12.0. The Hall–Kier alpha value is -2.50. The van der Waals surface area contributed by atoms with Crippen molar-refractivity contribution in [2.75, 3.05) is 10.6 Å². The van der Waals surface area contributed by atoms with Crippen molar-refractivity contribution >= 4 is 17.6 Å². The predicted molar refractivity (Wildman–Crippen MR) is 67.8 cm³/mol. The molecule has 0 unspecified atom stereocenters. The molecule has 0 radical (unpaired) electrons. The van der Waals surface area contributed by atoms with Crippen LogP contribution < -0.4 is 16.4 Å². The van der Waals surface area contributed by atoms with Gasteiger partial charge >= 0.3 is 11.8 Å². The van der Waals surface area contributed by atoms with Crippen LogP contribution in [0.25, 0.3) is 0 Å². The van der Waals surface area contributed by atoms with E-state index < -0.39 is 11.8 Å². The van der Waals surface area contributed by atoms with Crippen molar-refractivity contribution in [3.05, 3.63) is 46.6 Å². The molecule has 0 bridgehead atoms. The lowest BCUT2D eigenvalue weighted by molar-refractivity contribution is 0.261. The zero-order valence-electron chi connectivity index (χ0n) is 10.1. The molecular weight excluding hydrogens is 234 g/mol. The van der Waals surface area contributed by atoms with E-state index >= 15 is 0 Å². The van der Waals surface area contributed by atoms with E-state index in [-0.39, 0.29) is 5.88 Å². The van der Waals surface area contributed by atoms with Gasteiger partial charge in [-0.1, -0.05) is 18.2 Å². The predicted octanol–water partition coefficient (Wildman–Crippen LogP) is 1.93. The number of anilines is 2. The van der Waals surface area contributed by atoms with Gasteiger partial charge in [0.05, 0.1) is 5.69 Å². The second-order valence-electron chi connectivity index (χ2n) is 3.79. The minimum atomic E-state index is -0.512. The summed E-state index contributed by atoms with van der Waals surface area (Å²) in [7, 11) is 1.57. The molecule has 1 heterocycles. The Balaban J connectivity index is 2.08. The molecule has 0 spiro atoms. The lowest BCUT2D eigenvalue weighted by atomic mass is 10.3. The smallest absolute Gasteiger partial charge is 0.391 e. The Morgan fingerprint density at radius 1 is 1.22 bits per heavy atom. The minimum absolute atomic E-state index is 0.149. The number of amides is 2. The Bertz CT molecular complexity index is 613. The van der Waals surface area contributed by atoms with Crippen molar-refractivity contribution in [3.63, 3.8) is 0 Å². The van der Waals surface area contributed by atoms with Gasteiger partial charge < -0.3 is 9.73 Å². The summed E-state index contributed by atoms with van der Waals surface area (Å²) >= 11 is 0. The van der Waals surface area contributed by atoms with Crippen molar-refractivity contribution in [3.8, 4) is 0 Å². The SMILES string of the molecule is Cc1c(NC(=O)Nc2ccccc2)oc(=O)n1C. The number of benzene rings is 1. The molecular formula is C12H13N3O3. The van der Waals surface area contributed by atoms with Crippen LogP contribution in [0.1, 0.15) is 5.69 Å². The quantitative estimate of drug-likeness (QED) is 0.851. The summed E-state index contributed by atoms with van der Waals surface area (Å²) in [6.45, 7) is 1.68. The molecule has 0 aliphatic heterocycles. The van der Waals surface area contributed by atoms with Crippen LogP contribution in [-0.4, -0.2) is 10.6 Å². The van der Waals surface area contributed by atoms with Gasteiger partial charge in [0.2, 0.25) is 5.88 Å². The topological polar surface area (TPSA) is 76.3 Å². The third-order valence-electron chi connectivity index (χ3n) is 2.55. The summed E-state index contributed by atoms with van der Waals surface area (Å²) in [5.74, 6) is -0.363. The molecule has 0 atom stereocenters. The van der Waals surface area contributed by atoms with Crippen molar-refractivity contribution in [1.82, 2.24) is 4.57 Å². The molecule has 1 aromatic carbocycles. The number of rotatable bonds is 2. The maximum Gasteiger partial charge on any atom is 0.420 e. The van der Waals surface area contributed by atoms with Crippen LogP contribution in [0.15, 0.2) is 39.5 Å². The van der Waals surface area contributed by atoms with Gasteiger partial charge in [-0.2, -0.15) is 0 Å². The highest BCUT2D eigenvalue weighted by Gasteiger charge is 2.12. The van der Waals surface area contributed by atoms with Crippen molar-refractivity contribution in [2.24, 2.45) is 7.05 Å². The van der Waals surface area contributed by atoms with Crippen LogP contribution in [0.3, 0.4) is 0 Å². The lowest BCUT2D eigenvalue weighted by Gasteiger charge is -2.05. The largest absolute Gasteiger partial charge is 0.420 e. The van der Waals surface area contributed by atoms with E-state index in [0.29, 0.717) is 11.4 Å². The summed E-state index contributed by atoms with van der Waals surface area (Å²) in [4.78, 5) is 22.9. The van der Waals surface area contributed by atoms with Gasteiger partial charge in [0.1, 0.15) is 0 Å². The van der Waals surface area contributed by atoms with Gasteiger partial charge in [-0.3, -0.25) is 9.88 Å². The van der Waals surface area contributed by atoms with Crippen LogP contribution in [0.2, 0.25) is 0 Å². The Morgan fingerprint density at radius 3 is 2.44 bits per heavy atom. The molecule has 0 fully saturated rings. The van der Waals surface area contributed by atoms with E-state index in [0.717, 1.165) is 0 Å². The summed E-state index contributed by atoms with van der Waals surface area (Å²) in [5, 5.41) is 5.11. The first-order valence-corrected chi connectivity index (χ1v) is 5.37. The van der Waals surface area contributed by atoms with Gasteiger partial charge in [-0.05, 0) is 19.1 Å². The number of urea groups is 1. The fraction of sp³-hybridized carbons (Fsp3) is 0.167. The first-order chi connectivity index (χ1) is 8.58. The molecule has 0 saturated heterocycles. The number of nitrogens with one attached hydrogen (secondary N) is 2. The van der Waals surface area contributed by atoms with Crippen LogP contribution >= 0.6 is 0 Å². The summed E-state index contributed by atoms with van der Waals surface area (Å²) in [6.07, 6.45) is 0. The highest BCUT2D eigenvalue weighted by molar-refractivity contribution is 5.99. The molecule has 1 aromatic heterocycles. The minimum Gasteiger partial charge on any atom is -0.391 e. The molecule has 6 heteroatoms. The number of hydrogen-bond acceptors (Lipinski definition) is 3. The highest BCUT2D eigenvalue weighted by Crippen LogP contribution is 2.12. The number of oxazole rings is 1. The molecule has 0 aliphatic carbocycles. The molecule has 2 rings (SSSR count). The molecule has 2 N–H and O–H groups in total. The third kappa shape index (κ3) is 2.42. The zero-order chi connectivity index (χ0) is 13.1. The van der Waals surface area contributed by atoms with E-state index in [1.807, 2.05) is 18.2 Å². The van der Waals surface area contributed by atoms with E-state index in [2.05, 4.69) is 10.6 Å². The standard InChI is InChI=1S/C12H13N3O3/c1-8-10(18-12(17)15(8)2)14-11(16)13-9-6-4-3-5-7-9/h3-7H,1-2H3,(H2,13,14,16). The first-order valence-electron chi connectivity index (χ1n) is 5.37. The molecule has 0 aliphatic rings. The van der Waals surface area contributed by atoms with E-state index in [1.165, 1.54) is 4.57 Å². The Labute approximate surface area is 103 Å². The Morgan fingerprint density at radius 2 is 1.89 bits per heavy atom. The summed E-state index contributed by atoms with van der Waals surface area (Å²) in [6, 6.07) is 8.52. The lowest BCUT2D eigenvalue weighted by Crippen LogP contribution is -2.19. The molecule has 0 saturated carbocycles. The van der Waals surface area contributed by atoms with E-state index in [9.17, 15) is 9.59 Å². The van der Waals surface area contributed by atoms with Gasteiger partial charge in [0.25, 0.3) is 0 Å². The van der Waals surface area contributed by atoms with Crippen LogP contribution in [0.5, 0.6) is 0 Å². The van der Waals surface area contributed by atoms with Gasteiger partial charge in [-0.15, -0.1) is 0 Å². The highest BCUT2D eigenvalue weighted by atomic mass is 16.4. The van der Waals surface area contributed by atoms with Gasteiger partial charge in [-0.25, -0.2) is 9.59 Å². The number of para-hydroxylation sites is 1. The molecule has 6 nitrogen and oxygen atoms in total. The number of nitrogens with zero attached hydrogens (tertiary/aromatic N) is 1. The number of carbonyl (C=O) groups is 1. The fourth-order valence-electron chi connectivity index (χ4n) is 1.42. The Kier molecular flexibility index (Phi) is 3.18. The fourth-order valence-corrected chi connectivity index (χ4v) is 1.42. The van der Waals surface area contributed by atoms with Crippen LogP contribution in [-0.2, 0) is 7.05 Å².